The van der Waals surface area contributed by atoms with E-state index in [1.165, 1.54) is 17.0 Å². The minimum Gasteiger partial charge on any atom is -0.494 e. The van der Waals surface area contributed by atoms with Crippen molar-refractivity contribution in [1.82, 2.24) is 10.2 Å². The van der Waals surface area contributed by atoms with E-state index in [2.05, 4.69) is 5.32 Å². The lowest BCUT2D eigenvalue weighted by molar-refractivity contribution is -0.140. The van der Waals surface area contributed by atoms with Gasteiger partial charge >= 0.3 is 0 Å². The van der Waals surface area contributed by atoms with Crippen molar-refractivity contribution in [2.75, 3.05) is 24.0 Å². The molecule has 0 radical (unpaired) electrons. The molecule has 0 aliphatic rings. The predicted octanol–water partition coefficient (Wildman–Crippen LogP) is 6.62. The van der Waals surface area contributed by atoms with Gasteiger partial charge in [-0.05, 0) is 75.2 Å². The number of hydrogen-bond acceptors (Lipinski definition) is 5. The van der Waals surface area contributed by atoms with E-state index in [9.17, 15) is 18.0 Å². The van der Waals surface area contributed by atoms with Gasteiger partial charge in [-0.1, -0.05) is 67.2 Å². The first-order valence-electron chi connectivity index (χ1n) is 14.4. The first kappa shape index (κ1) is 34.2. The molecule has 0 fully saturated rings. The van der Waals surface area contributed by atoms with Gasteiger partial charge in [-0.2, -0.15) is 0 Å². The third-order valence-electron chi connectivity index (χ3n) is 6.93. The molecule has 0 saturated carbocycles. The van der Waals surface area contributed by atoms with Gasteiger partial charge in [-0.15, -0.1) is 0 Å². The molecule has 0 heterocycles. The van der Waals surface area contributed by atoms with Gasteiger partial charge in [0.05, 0.1) is 17.2 Å². The Labute approximate surface area is 265 Å². The second-order valence-electron chi connectivity index (χ2n) is 10.0. The highest BCUT2D eigenvalue weighted by Gasteiger charge is 2.34. The maximum Gasteiger partial charge on any atom is 0.264 e. The molecule has 1 atom stereocenters. The molecule has 3 aromatic carbocycles. The number of anilines is 1. The largest absolute Gasteiger partial charge is 0.494 e. The second kappa shape index (κ2) is 16.0. The number of nitrogens with one attached hydrogen (secondary N) is 1. The Hall–Kier alpha value is -3.27. The molecule has 0 aromatic heterocycles. The van der Waals surface area contributed by atoms with Crippen molar-refractivity contribution in [3.63, 3.8) is 0 Å². The fourth-order valence-corrected chi connectivity index (χ4v) is 6.45. The molecular formula is C32H39Cl2N3O5S. The molecule has 8 nitrogen and oxygen atoms in total. The minimum absolute atomic E-state index is 0.00521. The van der Waals surface area contributed by atoms with Crippen LogP contribution in [0.15, 0.2) is 71.6 Å². The van der Waals surface area contributed by atoms with E-state index < -0.39 is 28.5 Å². The number of sulfonamides is 1. The number of amides is 2. The highest BCUT2D eigenvalue weighted by Crippen LogP contribution is 2.29. The Morgan fingerprint density at radius 2 is 1.56 bits per heavy atom. The Bertz CT molecular complexity index is 1460. The topological polar surface area (TPSA) is 96.0 Å². The van der Waals surface area contributed by atoms with E-state index in [4.69, 9.17) is 27.9 Å². The van der Waals surface area contributed by atoms with Crippen molar-refractivity contribution in [2.45, 2.75) is 64.4 Å². The summed E-state index contributed by atoms with van der Waals surface area (Å²) in [5.41, 5.74) is 1.71. The Morgan fingerprint density at radius 3 is 2.12 bits per heavy atom. The molecule has 0 saturated heterocycles. The van der Waals surface area contributed by atoms with Gasteiger partial charge in [0.25, 0.3) is 10.0 Å². The average Bonchev–Trinajstić information content (AvgIpc) is 2.98. The van der Waals surface area contributed by atoms with Gasteiger partial charge in [0, 0.05) is 28.7 Å². The molecule has 1 N–H and O–H groups in total. The number of unbranched alkanes of at least 4 members (excludes halogenated alkanes) is 1. The van der Waals surface area contributed by atoms with Crippen LogP contribution in [0.5, 0.6) is 5.75 Å². The lowest BCUT2D eigenvalue weighted by Crippen LogP contribution is -2.52. The predicted molar refractivity (Wildman–Crippen MR) is 172 cm³/mol. The summed E-state index contributed by atoms with van der Waals surface area (Å²) < 4.78 is 34.6. The molecule has 3 aromatic rings. The zero-order valence-corrected chi connectivity index (χ0v) is 27.3. The molecule has 0 unspecified atom stereocenters. The van der Waals surface area contributed by atoms with Crippen LogP contribution in [0.3, 0.4) is 0 Å². The van der Waals surface area contributed by atoms with E-state index in [1.807, 2.05) is 20.8 Å². The van der Waals surface area contributed by atoms with E-state index in [-0.39, 0.29) is 17.3 Å². The van der Waals surface area contributed by atoms with Gasteiger partial charge in [-0.3, -0.25) is 13.9 Å². The normalized spacial score (nSPS) is 12.0. The van der Waals surface area contributed by atoms with Gasteiger partial charge < -0.3 is 15.0 Å². The van der Waals surface area contributed by atoms with Crippen LogP contribution in [0.2, 0.25) is 10.0 Å². The number of carbonyl (C=O) groups excluding carboxylic acids is 2. The van der Waals surface area contributed by atoms with Gasteiger partial charge in [0.2, 0.25) is 11.8 Å². The van der Waals surface area contributed by atoms with Crippen LogP contribution in [-0.4, -0.2) is 50.9 Å². The summed E-state index contributed by atoms with van der Waals surface area (Å²) in [6.07, 6.45) is 1.97. The zero-order valence-electron chi connectivity index (χ0n) is 25.0. The quantitative estimate of drug-likeness (QED) is 0.187. The van der Waals surface area contributed by atoms with E-state index in [0.717, 1.165) is 22.7 Å². The van der Waals surface area contributed by atoms with Crippen LogP contribution in [0.1, 0.15) is 51.2 Å². The number of benzene rings is 3. The highest BCUT2D eigenvalue weighted by atomic mass is 35.5. The lowest BCUT2D eigenvalue weighted by Gasteiger charge is -2.33. The fourth-order valence-electron chi connectivity index (χ4n) is 4.52. The molecule has 0 aliphatic heterocycles. The maximum absolute atomic E-state index is 14.2. The lowest BCUT2D eigenvalue weighted by atomic mass is 10.1. The summed E-state index contributed by atoms with van der Waals surface area (Å²) in [6, 6.07) is 17.0. The standard InChI is InChI=1S/C32H39Cl2N3O5S/c1-5-8-20-35-32(39)30(6-2)36(21-27-28(33)10-9-11-29(27)34)31(38)22-37(24-14-12-23(4)13-15-24)43(40,41)26-18-16-25(17-19-26)42-7-3/h9-19,30H,5-8,20-22H2,1-4H3,(H,35,39)/t30-/m1/s1. The average molecular weight is 649 g/mol. The van der Waals surface area contributed by atoms with Gasteiger partial charge in [-0.25, -0.2) is 8.42 Å². The molecule has 11 heteroatoms. The molecule has 3 rings (SSSR count). The van der Waals surface area contributed by atoms with Crippen LogP contribution in [0, 0.1) is 6.92 Å². The van der Waals surface area contributed by atoms with Crippen LogP contribution < -0.4 is 14.4 Å². The number of nitrogens with zero attached hydrogens (tertiary/aromatic N) is 2. The fraction of sp³-hybridized carbons (Fsp3) is 0.375. The van der Waals surface area contributed by atoms with Crippen LogP contribution in [-0.2, 0) is 26.2 Å². The molecule has 2 amide bonds. The van der Waals surface area contributed by atoms with E-state index in [0.29, 0.717) is 46.6 Å². The summed E-state index contributed by atoms with van der Waals surface area (Å²) in [5, 5.41) is 3.58. The zero-order chi connectivity index (χ0) is 31.6. The Morgan fingerprint density at radius 1 is 0.930 bits per heavy atom. The van der Waals surface area contributed by atoms with E-state index >= 15 is 0 Å². The number of halogens is 2. The molecule has 0 bridgehead atoms. The minimum atomic E-state index is -4.21. The van der Waals surface area contributed by atoms with Crippen molar-refractivity contribution in [1.29, 1.82) is 0 Å². The van der Waals surface area contributed by atoms with Crippen molar-refractivity contribution in [2.24, 2.45) is 0 Å². The highest BCUT2D eigenvalue weighted by molar-refractivity contribution is 7.92. The summed E-state index contributed by atoms with van der Waals surface area (Å²) in [4.78, 5) is 28.9. The summed E-state index contributed by atoms with van der Waals surface area (Å²) in [7, 11) is -4.21. The second-order valence-corrected chi connectivity index (χ2v) is 12.7. The molecule has 0 aliphatic carbocycles. The first-order chi connectivity index (χ1) is 20.5. The number of hydrogen-bond donors (Lipinski definition) is 1. The smallest absolute Gasteiger partial charge is 0.264 e. The van der Waals surface area contributed by atoms with Crippen molar-refractivity contribution < 1.29 is 22.7 Å². The first-order valence-corrected chi connectivity index (χ1v) is 16.5. The van der Waals surface area contributed by atoms with Crippen molar-refractivity contribution >= 4 is 50.7 Å². The monoisotopic (exact) mass is 647 g/mol. The summed E-state index contributed by atoms with van der Waals surface area (Å²) in [5.74, 6) is -0.380. The van der Waals surface area contributed by atoms with Gasteiger partial charge in [0.1, 0.15) is 18.3 Å². The molecule has 43 heavy (non-hydrogen) atoms. The third kappa shape index (κ3) is 8.87. The number of aryl methyl sites for hydroxylation is 1. The Kier molecular flexibility index (Phi) is 12.7. The summed E-state index contributed by atoms with van der Waals surface area (Å²) in [6.45, 7) is 7.80. The maximum atomic E-state index is 14.2. The Balaban J connectivity index is 2.06. The third-order valence-corrected chi connectivity index (χ3v) is 9.43. The van der Waals surface area contributed by atoms with Crippen LogP contribution in [0.25, 0.3) is 0 Å². The SMILES string of the molecule is CCCCNC(=O)[C@@H](CC)N(Cc1c(Cl)cccc1Cl)C(=O)CN(c1ccc(C)cc1)S(=O)(=O)c1ccc(OCC)cc1. The van der Waals surface area contributed by atoms with Crippen LogP contribution in [0.4, 0.5) is 5.69 Å². The van der Waals surface area contributed by atoms with E-state index in [1.54, 1.807) is 61.5 Å². The molecule has 0 spiro atoms. The summed E-state index contributed by atoms with van der Waals surface area (Å²) >= 11 is 12.9. The van der Waals surface area contributed by atoms with Crippen LogP contribution >= 0.6 is 23.2 Å². The van der Waals surface area contributed by atoms with Gasteiger partial charge in [0.15, 0.2) is 0 Å². The molecular weight excluding hydrogens is 609 g/mol. The number of rotatable bonds is 15. The van der Waals surface area contributed by atoms with Crippen molar-refractivity contribution in [3.8, 4) is 5.75 Å². The molecule has 232 valence electrons. The van der Waals surface area contributed by atoms with Crippen molar-refractivity contribution in [3.05, 3.63) is 87.9 Å². The number of carbonyl (C=O) groups is 2. The number of ether oxygens (including phenoxy) is 1.